The van der Waals surface area contributed by atoms with Crippen LogP contribution in [0.5, 0.6) is 0 Å². The third-order valence-electron chi connectivity index (χ3n) is 3.53. The van der Waals surface area contributed by atoms with Crippen LogP contribution in [0.4, 0.5) is 4.39 Å². The van der Waals surface area contributed by atoms with Crippen LogP contribution in [0.2, 0.25) is 0 Å². The van der Waals surface area contributed by atoms with Gasteiger partial charge in [-0.05, 0) is 40.1 Å². The lowest BCUT2D eigenvalue weighted by atomic mass is 10.1. The smallest absolute Gasteiger partial charge is 0.280 e. The molecule has 1 N–H and O–H groups in total. The van der Waals surface area contributed by atoms with Gasteiger partial charge in [-0.2, -0.15) is 11.3 Å². The lowest BCUT2D eigenvalue weighted by molar-refractivity contribution is 0.628. The molecule has 0 radical (unpaired) electrons. The zero-order valence-electron chi connectivity index (χ0n) is 11.3. The predicted octanol–water partition coefficient (Wildman–Crippen LogP) is 3.56. The van der Waals surface area contributed by atoms with Crippen molar-refractivity contribution < 1.29 is 4.39 Å². The van der Waals surface area contributed by atoms with Gasteiger partial charge in [-0.25, -0.2) is 13.9 Å². The highest BCUT2D eigenvalue weighted by Gasteiger charge is 2.13. The molecule has 4 nitrogen and oxygen atoms in total. The van der Waals surface area contributed by atoms with Crippen LogP contribution < -0.4 is 5.56 Å². The molecule has 0 aliphatic rings. The zero-order chi connectivity index (χ0) is 15.1. The third kappa shape index (κ3) is 1.96. The molecule has 3 aromatic heterocycles. The summed E-state index contributed by atoms with van der Waals surface area (Å²) in [7, 11) is 0. The summed E-state index contributed by atoms with van der Waals surface area (Å²) in [5.41, 5.74) is 3.33. The Kier molecular flexibility index (Phi) is 2.90. The molecular formula is C16H10FN3OS. The molecule has 0 saturated heterocycles. The van der Waals surface area contributed by atoms with Gasteiger partial charge in [0, 0.05) is 18.0 Å². The van der Waals surface area contributed by atoms with E-state index in [2.05, 4.69) is 10.1 Å². The van der Waals surface area contributed by atoms with E-state index in [1.807, 2.05) is 16.8 Å². The molecule has 22 heavy (non-hydrogen) atoms. The molecule has 4 rings (SSSR count). The minimum atomic E-state index is -0.298. The summed E-state index contributed by atoms with van der Waals surface area (Å²) in [4.78, 5) is 17.0. The molecule has 4 aromatic rings. The number of benzene rings is 1. The highest BCUT2D eigenvalue weighted by molar-refractivity contribution is 7.08. The predicted molar refractivity (Wildman–Crippen MR) is 84.5 cm³/mol. The summed E-state index contributed by atoms with van der Waals surface area (Å²) in [6.07, 6.45) is 3.29. The van der Waals surface area contributed by atoms with Crippen molar-refractivity contribution in [3.8, 4) is 22.3 Å². The number of thiophene rings is 1. The van der Waals surface area contributed by atoms with E-state index in [4.69, 9.17) is 0 Å². The average molecular weight is 311 g/mol. The monoisotopic (exact) mass is 311 g/mol. The molecule has 0 fully saturated rings. The van der Waals surface area contributed by atoms with E-state index in [0.717, 1.165) is 16.7 Å². The van der Waals surface area contributed by atoms with Crippen LogP contribution in [0.15, 0.2) is 58.3 Å². The highest BCUT2D eigenvalue weighted by atomic mass is 32.1. The van der Waals surface area contributed by atoms with E-state index in [1.165, 1.54) is 28.0 Å². The molecule has 1 aromatic carbocycles. The van der Waals surface area contributed by atoms with Crippen LogP contribution in [0.1, 0.15) is 0 Å². The summed E-state index contributed by atoms with van der Waals surface area (Å²) in [6.45, 7) is 0. The average Bonchev–Trinajstić information content (AvgIpc) is 3.18. The standard InChI is InChI=1S/C16H10FN3OS/c17-12-3-1-10(2-4-12)13-8-19-20-15(13)18-7-14(16(20)21)11-5-6-22-9-11/h1-9,19H. The molecular weight excluding hydrogens is 301 g/mol. The molecule has 0 bridgehead atoms. The number of rotatable bonds is 2. The summed E-state index contributed by atoms with van der Waals surface area (Å²) < 4.78 is 14.4. The number of aromatic nitrogens is 3. The highest BCUT2D eigenvalue weighted by Crippen LogP contribution is 2.24. The Labute approximate surface area is 128 Å². The Morgan fingerprint density at radius 2 is 1.91 bits per heavy atom. The molecule has 0 unspecified atom stereocenters. The molecule has 3 heterocycles. The molecule has 0 atom stereocenters. The van der Waals surface area contributed by atoms with Crippen molar-refractivity contribution in [1.82, 2.24) is 14.6 Å². The van der Waals surface area contributed by atoms with Crippen molar-refractivity contribution in [2.75, 3.05) is 0 Å². The van der Waals surface area contributed by atoms with Crippen molar-refractivity contribution in [2.45, 2.75) is 0 Å². The quantitative estimate of drug-likeness (QED) is 0.615. The minimum absolute atomic E-state index is 0.156. The van der Waals surface area contributed by atoms with Crippen LogP contribution in [0, 0.1) is 5.82 Å². The SMILES string of the molecule is O=c1c(-c2ccsc2)cnc2c(-c3ccc(F)cc3)c[nH]n12. The number of aromatic amines is 1. The van der Waals surface area contributed by atoms with E-state index in [-0.39, 0.29) is 11.4 Å². The Morgan fingerprint density at radius 1 is 1.09 bits per heavy atom. The molecule has 108 valence electrons. The number of nitrogens with one attached hydrogen (secondary N) is 1. The number of nitrogens with zero attached hydrogens (tertiary/aromatic N) is 2. The Balaban J connectivity index is 1.92. The fourth-order valence-corrected chi connectivity index (χ4v) is 3.07. The van der Waals surface area contributed by atoms with E-state index in [9.17, 15) is 9.18 Å². The molecule has 0 aliphatic carbocycles. The second-order valence-electron chi connectivity index (χ2n) is 4.84. The lowest BCUT2D eigenvalue weighted by Gasteiger charge is -2.01. The fourth-order valence-electron chi connectivity index (χ4n) is 2.42. The van der Waals surface area contributed by atoms with Crippen LogP contribution >= 0.6 is 11.3 Å². The third-order valence-corrected chi connectivity index (χ3v) is 4.21. The van der Waals surface area contributed by atoms with Gasteiger partial charge in [0.15, 0.2) is 5.65 Å². The maximum atomic E-state index is 13.0. The first kappa shape index (κ1) is 13.0. The van der Waals surface area contributed by atoms with Gasteiger partial charge in [0.25, 0.3) is 5.56 Å². The molecule has 0 spiro atoms. The van der Waals surface area contributed by atoms with E-state index < -0.39 is 0 Å². The molecule has 0 amide bonds. The second-order valence-corrected chi connectivity index (χ2v) is 5.62. The second kappa shape index (κ2) is 4.92. The Bertz CT molecular complexity index is 1000. The number of hydrogen-bond donors (Lipinski definition) is 1. The Hall–Kier alpha value is -2.73. The maximum Gasteiger partial charge on any atom is 0.280 e. The topological polar surface area (TPSA) is 50.2 Å². The molecule has 0 saturated carbocycles. The fraction of sp³-hybridized carbons (Fsp3) is 0. The first-order valence-electron chi connectivity index (χ1n) is 6.62. The van der Waals surface area contributed by atoms with Gasteiger partial charge in [0.05, 0.1) is 5.56 Å². The van der Waals surface area contributed by atoms with Crippen molar-refractivity contribution in [2.24, 2.45) is 0 Å². The van der Waals surface area contributed by atoms with Crippen LogP contribution in [0.3, 0.4) is 0 Å². The van der Waals surface area contributed by atoms with Gasteiger partial charge in [-0.15, -0.1) is 0 Å². The van der Waals surface area contributed by atoms with Crippen LogP contribution in [0.25, 0.3) is 27.9 Å². The zero-order valence-corrected chi connectivity index (χ0v) is 12.1. The van der Waals surface area contributed by atoms with Crippen LogP contribution in [-0.2, 0) is 0 Å². The number of halogens is 1. The number of fused-ring (bicyclic) bond motifs is 1. The largest absolute Gasteiger partial charge is 0.296 e. The van der Waals surface area contributed by atoms with Gasteiger partial charge < -0.3 is 0 Å². The first-order valence-corrected chi connectivity index (χ1v) is 7.56. The number of H-pyrrole nitrogens is 1. The first-order chi connectivity index (χ1) is 10.7. The summed E-state index contributed by atoms with van der Waals surface area (Å²) in [6, 6.07) is 7.99. The normalized spacial score (nSPS) is 11.1. The van der Waals surface area contributed by atoms with Gasteiger partial charge in [-0.1, -0.05) is 12.1 Å². The van der Waals surface area contributed by atoms with Crippen molar-refractivity contribution in [1.29, 1.82) is 0 Å². The van der Waals surface area contributed by atoms with E-state index >= 15 is 0 Å². The van der Waals surface area contributed by atoms with Crippen molar-refractivity contribution >= 4 is 17.0 Å². The lowest BCUT2D eigenvalue weighted by Crippen LogP contribution is -2.16. The van der Waals surface area contributed by atoms with Gasteiger partial charge >= 0.3 is 0 Å². The summed E-state index contributed by atoms with van der Waals surface area (Å²) >= 11 is 1.53. The number of hydrogen-bond acceptors (Lipinski definition) is 3. The maximum absolute atomic E-state index is 13.0. The molecule has 6 heteroatoms. The van der Waals surface area contributed by atoms with Crippen molar-refractivity contribution in [3.63, 3.8) is 0 Å². The van der Waals surface area contributed by atoms with Gasteiger partial charge in [0.1, 0.15) is 5.82 Å². The summed E-state index contributed by atoms with van der Waals surface area (Å²) in [5.74, 6) is -0.298. The van der Waals surface area contributed by atoms with E-state index in [0.29, 0.717) is 11.2 Å². The van der Waals surface area contributed by atoms with Gasteiger partial charge in [0.2, 0.25) is 0 Å². The minimum Gasteiger partial charge on any atom is -0.296 e. The van der Waals surface area contributed by atoms with E-state index in [1.54, 1.807) is 24.5 Å². The Morgan fingerprint density at radius 3 is 2.64 bits per heavy atom. The van der Waals surface area contributed by atoms with Crippen LogP contribution in [-0.4, -0.2) is 14.6 Å². The summed E-state index contributed by atoms with van der Waals surface area (Å²) in [5, 5.41) is 6.75. The molecule has 0 aliphatic heterocycles. The van der Waals surface area contributed by atoms with Gasteiger partial charge in [-0.3, -0.25) is 9.89 Å². The van der Waals surface area contributed by atoms with Crippen molar-refractivity contribution in [3.05, 3.63) is 69.7 Å².